The smallest absolute Gasteiger partial charge is 0.470 e. The largest absolute Gasteiger partial charge is 0.479 e. The van der Waals surface area contributed by atoms with Crippen molar-refractivity contribution in [3.63, 3.8) is 0 Å². The predicted octanol–water partition coefficient (Wildman–Crippen LogP) is -4.24. The van der Waals surface area contributed by atoms with Crippen molar-refractivity contribution in [2.75, 3.05) is 32.2 Å². The minimum atomic E-state index is -5.64. The van der Waals surface area contributed by atoms with Crippen molar-refractivity contribution in [3.05, 3.63) is 31.2 Å². The van der Waals surface area contributed by atoms with Crippen LogP contribution in [0.25, 0.3) is 11.2 Å². The number of aromatic nitrogens is 6. The molecule has 13 atom stereocenters. The summed E-state index contributed by atoms with van der Waals surface area (Å²) in [6, 6.07) is 0. The van der Waals surface area contributed by atoms with Gasteiger partial charge in [0.25, 0.3) is 0 Å². The van der Waals surface area contributed by atoms with E-state index in [1.54, 1.807) is 6.20 Å². The lowest BCUT2D eigenvalue weighted by atomic mass is 9.98. The van der Waals surface area contributed by atoms with Gasteiger partial charge in [0.2, 0.25) is 5.88 Å². The molecule has 0 aliphatic carbocycles. The van der Waals surface area contributed by atoms with Crippen LogP contribution >= 0.6 is 14.5 Å². The highest BCUT2D eigenvalue weighted by molar-refractivity contribution is 8.07. The molecular formula is C30H45N7O22P2S. The van der Waals surface area contributed by atoms with Crippen LogP contribution in [0, 0.1) is 0 Å². The first-order chi connectivity index (χ1) is 29.2. The number of nitrogens with zero attached hydrogens (tertiary/aromatic N) is 6. The van der Waals surface area contributed by atoms with Crippen LogP contribution in [0.1, 0.15) is 20.1 Å². The maximum absolute atomic E-state index is 11.9. The third-order valence-electron chi connectivity index (χ3n) is 8.59. The van der Waals surface area contributed by atoms with Crippen molar-refractivity contribution < 1.29 is 107 Å². The number of hydrogen-bond donors (Lipinski definition) is 12. The number of fused-ring (bicyclic) bond motifs is 1. The van der Waals surface area contributed by atoms with Crippen LogP contribution in [-0.4, -0.2) is 197 Å². The monoisotopic (exact) mass is 949 g/mol. The summed E-state index contributed by atoms with van der Waals surface area (Å²) in [6.07, 6.45) is -19.8. The summed E-state index contributed by atoms with van der Waals surface area (Å²) in [6.45, 7) is 0.272. The van der Waals surface area contributed by atoms with Gasteiger partial charge >= 0.3 is 26.5 Å². The number of anilines is 1. The molecule has 32 heteroatoms. The molecule has 2 saturated heterocycles. The number of aliphatic hydroxyl groups excluding tert-OH is 7. The zero-order valence-corrected chi connectivity index (χ0v) is 34.8. The first kappa shape index (κ1) is 51.0. The van der Waals surface area contributed by atoms with Gasteiger partial charge < -0.3 is 85.0 Å². The van der Waals surface area contributed by atoms with Crippen LogP contribution in [0.15, 0.2) is 31.2 Å². The second kappa shape index (κ2) is 22.3. The van der Waals surface area contributed by atoms with E-state index < -0.39 is 119 Å². The highest BCUT2D eigenvalue weighted by atomic mass is 32.5. The number of aliphatic carboxylic acids is 2. The number of nitrogens with two attached hydrogens (primary N) is 1. The van der Waals surface area contributed by atoms with E-state index in [0.717, 1.165) is 6.33 Å². The van der Waals surface area contributed by atoms with E-state index in [2.05, 4.69) is 29.4 Å². The molecule has 0 bridgehead atoms. The molecule has 5 heterocycles. The summed E-state index contributed by atoms with van der Waals surface area (Å²) in [5.41, 5.74) is 6.13. The minimum Gasteiger partial charge on any atom is -0.479 e. The van der Waals surface area contributed by atoms with Gasteiger partial charge in [-0.05, 0) is 13.8 Å². The number of ether oxygens (including phenoxy) is 4. The summed E-state index contributed by atoms with van der Waals surface area (Å²) in [5.74, 6) is -3.94. The number of nitrogen functional groups attached to an aromatic ring is 1. The zero-order valence-electron chi connectivity index (χ0n) is 32.2. The fourth-order valence-electron chi connectivity index (χ4n) is 5.79. The highest BCUT2D eigenvalue weighted by Gasteiger charge is 2.51. The van der Waals surface area contributed by atoms with Gasteiger partial charge in [-0.25, -0.2) is 34.1 Å². The van der Waals surface area contributed by atoms with Gasteiger partial charge in [-0.15, -0.1) is 0 Å². The lowest BCUT2D eigenvalue weighted by molar-refractivity contribution is -0.324. The van der Waals surface area contributed by atoms with Crippen molar-refractivity contribution in [3.8, 4) is 5.88 Å². The van der Waals surface area contributed by atoms with Crippen LogP contribution in [0.3, 0.4) is 0 Å². The Balaban J connectivity index is 0.000000475. The molecule has 348 valence electrons. The number of hydrogen-bond acceptors (Lipinski definition) is 25. The standard InChI is InChI=1S/C22H32N5O19P.C8H13N2O3PS/c23-17-7-18(25-3-24-17)27(4-26-7)19-10(31)8(29)6(43-19)2-42-14-5(1-28)44-22(11(32)9(14)30)45-16(21(37)38)12(33)15(13(34)20(35)36)46-47(39,40)41;1-3-11-14(15,12-4-2)13-8-7-9-5-6-10-8/h3-6,8-16,19,22,28-34H,1-2H2,(H,35,36)(H,37,38)(H2,23,24,25)(H2,39,40,41);5-7H,3-4H2,1-2H3/t5-,6-,8-,9-,10-,11-,12-,13+,14-,15+,16-,19-,22-;/m1./s1. The summed E-state index contributed by atoms with van der Waals surface area (Å²) in [7, 11) is -5.64. The quantitative estimate of drug-likeness (QED) is 0.0477. The Morgan fingerprint density at radius 1 is 0.935 bits per heavy atom. The normalized spacial score (nSPS) is 27.4. The van der Waals surface area contributed by atoms with Gasteiger partial charge in [0.15, 0.2) is 36.2 Å². The average Bonchev–Trinajstić information content (AvgIpc) is 3.77. The lowest BCUT2D eigenvalue weighted by Gasteiger charge is -2.43. The van der Waals surface area contributed by atoms with Crippen LogP contribution < -0.4 is 10.3 Å². The van der Waals surface area contributed by atoms with Crippen molar-refractivity contribution >= 4 is 55.3 Å². The van der Waals surface area contributed by atoms with Gasteiger partial charge in [-0.2, -0.15) is 0 Å². The topological polar surface area (TPSA) is 443 Å². The number of carboxylic acids is 2. The average molecular weight is 950 g/mol. The van der Waals surface area contributed by atoms with E-state index in [-0.39, 0.29) is 17.0 Å². The third-order valence-corrected chi connectivity index (χ3v) is 11.5. The highest BCUT2D eigenvalue weighted by Crippen LogP contribution is 2.49. The molecule has 2 aliphatic rings. The van der Waals surface area contributed by atoms with Crippen molar-refractivity contribution in [2.24, 2.45) is 0 Å². The van der Waals surface area contributed by atoms with Crippen LogP contribution in [0.5, 0.6) is 5.88 Å². The molecule has 0 aromatic carbocycles. The number of carboxylic acid groups (broad SMARTS) is 2. The minimum absolute atomic E-state index is 0.0418. The van der Waals surface area contributed by atoms with Gasteiger partial charge in [0.1, 0.15) is 66.8 Å². The zero-order chi connectivity index (χ0) is 46.1. The summed E-state index contributed by atoms with van der Waals surface area (Å²) in [4.78, 5) is 60.9. The first-order valence-corrected chi connectivity index (χ1v) is 22.0. The summed E-state index contributed by atoms with van der Waals surface area (Å²) < 4.78 is 54.2. The third kappa shape index (κ3) is 12.8. The lowest BCUT2D eigenvalue weighted by Crippen LogP contribution is -2.62. The fourth-order valence-corrected chi connectivity index (χ4v) is 8.34. The first-order valence-electron chi connectivity index (χ1n) is 17.9. The van der Waals surface area contributed by atoms with Crippen molar-refractivity contribution in [1.29, 1.82) is 0 Å². The van der Waals surface area contributed by atoms with E-state index >= 15 is 0 Å². The Morgan fingerprint density at radius 2 is 1.61 bits per heavy atom. The Bertz CT molecular complexity index is 2010. The summed E-state index contributed by atoms with van der Waals surface area (Å²) >= 11 is 5.16. The number of rotatable bonds is 20. The van der Waals surface area contributed by atoms with Crippen molar-refractivity contribution in [2.45, 2.75) is 93.5 Å². The van der Waals surface area contributed by atoms with Gasteiger partial charge in [-0.3, -0.25) is 23.1 Å². The van der Waals surface area contributed by atoms with E-state index in [4.69, 9.17) is 65.0 Å². The Kier molecular flexibility index (Phi) is 18.4. The van der Waals surface area contributed by atoms with Crippen molar-refractivity contribution in [1.82, 2.24) is 29.5 Å². The molecule has 0 amide bonds. The maximum Gasteiger partial charge on any atom is 0.470 e. The van der Waals surface area contributed by atoms with E-state index in [9.17, 15) is 55.0 Å². The van der Waals surface area contributed by atoms with Crippen LogP contribution in [0.2, 0.25) is 0 Å². The molecule has 2 aliphatic heterocycles. The molecule has 0 saturated carbocycles. The Hall–Kier alpha value is -3.59. The molecular weight excluding hydrogens is 904 g/mol. The number of phosphoric acid groups is 1. The van der Waals surface area contributed by atoms with E-state index in [0.29, 0.717) is 19.1 Å². The number of imidazole rings is 1. The molecule has 5 rings (SSSR count). The predicted molar refractivity (Wildman–Crippen MR) is 202 cm³/mol. The molecule has 0 radical (unpaired) electrons. The Labute approximate surface area is 354 Å². The maximum atomic E-state index is 11.9. The SMILES string of the molecule is CCOP(=S)(OCC)Oc1cnccn1.Nc1ncnc2c1ncn2[C@@H]1O[C@H](CO[C@H]2[C@H](O)[C@@H](O)[C@@H](O[C@@H](C(=O)O)[C@H](O)[C@H](OP(=O)(O)O)[C@H](O)C(=O)O)O[C@@H]2CO)[C@@H](O)[C@H]1O. The molecule has 62 heavy (non-hydrogen) atoms. The van der Waals surface area contributed by atoms with Crippen LogP contribution in [-0.2, 0) is 58.5 Å². The number of phosphoric ester groups is 1. The fraction of sp³-hybridized carbons (Fsp3) is 0.633. The van der Waals surface area contributed by atoms with E-state index in [1.807, 2.05) is 13.8 Å². The molecule has 0 unspecified atom stereocenters. The van der Waals surface area contributed by atoms with E-state index in [1.165, 1.54) is 23.3 Å². The molecule has 0 spiro atoms. The van der Waals surface area contributed by atoms with Gasteiger partial charge in [0, 0.05) is 24.2 Å². The molecule has 13 N–H and O–H groups in total. The number of aliphatic hydroxyl groups is 7. The van der Waals surface area contributed by atoms with Gasteiger partial charge in [-0.1, -0.05) is 0 Å². The molecule has 29 nitrogen and oxygen atoms in total. The van der Waals surface area contributed by atoms with Gasteiger partial charge in [0.05, 0.1) is 39.0 Å². The number of carbonyl (C=O) groups is 2. The second-order valence-electron chi connectivity index (χ2n) is 12.8. The molecule has 3 aromatic rings. The molecule has 2 fully saturated rings. The van der Waals surface area contributed by atoms with Crippen LogP contribution in [0.4, 0.5) is 5.82 Å². The Morgan fingerprint density at radius 3 is 2.18 bits per heavy atom. The summed E-state index contributed by atoms with van der Waals surface area (Å²) in [5, 5.41) is 91.3. The molecule has 3 aromatic heterocycles. The second-order valence-corrected chi connectivity index (χ2v) is 16.9.